The molecule has 4 rings (SSSR count). The third kappa shape index (κ3) is 3.65. The minimum Gasteiger partial charge on any atom is -0.335 e. The molecule has 1 fully saturated rings. The molecule has 2 aromatic heterocycles. The summed E-state index contributed by atoms with van der Waals surface area (Å²) in [6, 6.07) is 10.3. The summed E-state index contributed by atoms with van der Waals surface area (Å²) >= 11 is 1.43. The van der Waals surface area contributed by atoms with Crippen LogP contribution in [0.3, 0.4) is 0 Å². The number of benzene rings is 1. The molecule has 0 N–H and O–H groups in total. The van der Waals surface area contributed by atoms with Gasteiger partial charge in [0.1, 0.15) is 10.7 Å². The summed E-state index contributed by atoms with van der Waals surface area (Å²) in [4.78, 5) is 18.9. The summed E-state index contributed by atoms with van der Waals surface area (Å²) in [6.45, 7) is 8.10. The molecule has 6 nitrogen and oxygen atoms in total. The molecule has 0 unspecified atom stereocenters. The van der Waals surface area contributed by atoms with E-state index in [4.69, 9.17) is 0 Å². The van der Waals surface area contributed by atoms with E-state index >= 15 is 0 Å². The van der Waals surface area contributed by atoms with Crippen molar-refractivity contribution in [1.82, 2.24) is 24.4 Å². The Balaban J connectivity index is 1.35. The fraction of sp³-hybridized carbons (Fsp3) is 0.350. The highest BCUT2D eigenvalue weighted by molar-refractivity contribution is 7.19. The highest BCUT2D eigenvalue weighted by atomic mass is 32.1. The van der Waals surface area contributed by atoms with Crippen LogP contribution < -0.4 is 0 Å². The molecule has 1 aliphatic heterocycles. The first-order valence-corrected chi connectivity index (χ1v) is 9.99. The maximum atomic E-state index is 12.9. The highest BCUT2D eigenvalue weighted by Crippen LogP contribution is 2.24. The van der Waals surface area contributed by atoms with Gasteiger partial charge >= 0.3 is 0 Å². The molecule has 0 bridgehead atoms. The zero-order valence-corrected chi connectivity index (χ0v) is 16.4. The molecular weight excluding hydrogens is 358 g/mol. The zero-order valence-electron chi connectivity index (χ0n) is 15.6. The Morgan fingerprint density at radius 3 is 2.56 bits per heavy atom. The van der Waals surface area contributed by atoms with Crippen molar-refractivity contribution in [1.29, 1.82) is 0 Å². The lowest BCUT2D eigenvalue weighted by atomic mass is 10.2. The molecule has 1 amide bonds. The van der Waals surface area contributed by atoms with Gasteiger partial charge < -0.3 is 4.90 Å². The maximum Gasteiger partial charge on any atom is 0.265 e. The summed E-state index contributed by atoms with van der Waals surface area (Å²) in [7, 11) is 0. The molecule has 7 heteroatoms. The smallest absolute Gasteiger partial charge is 0.265 e. The Hall–Kier alpha value is -2.51. The average Bonchev–Trinajstić information content (AvgIpc) is 3.23. The third-order valence-electron chi connectivity index (χ3n) is 4.98. The van der Waals surface area contributed by atoms with Crippen molar-refractivity contribution in [2.24, 2.45) is 0 Å². The Kier molecular flexibility index (Phi) is 5.05. The molecule has 1 saturated heterocycles. The fourth-order valence-electron chi connectivity index (χ4n) is 3.44. The number of carbonyl (C=O) groups is 1. The van der Waals surface area contributed by atoms with E-state index in [1.54, 1.807) is 0 Å². The van der Waals surface area contributed by atoms with Crippen LogP contribution in [0.1, 0.15) is 26.8 Å². The van der Waals surface area contributed by atoms with E-state index < -0.39 is 0 Å². The van der Waals surface area contributed by atoms with Gasteiger partial charge in [-0.05, 0) is 19.4 Å². The molecule has 0 radical (unpaired) electrons. The van der Waals surface area contributed by atoms with E-state index in [-0.39, 0.29) is 5.91 Å². The van der Waals surface area contributed by atoms with Crippen LogP contribution >= 0.6 is 11.3 Å². The van der Waals surface area contributed by atoms with Gasteiger partial charge in [-0.2, -0.15) is 0 Å². The number of nitrogens with zero attached hydrogens (tertiary/aromatic N) is 5. The van der Waals surface area contributed by atoms with Crippen molar-refractivity contribution < 1.29 is 4.79 Å². The maximum absolute atomic E-state index is 12.9. The van der Waals surface area contributed by atoms with Gasteiger partial charge in [0.25, 0.3) is 5.91 Å². The molecule has 0 saturated carbocycles. The summed E-state index contributed by atoms with van der Waals surface area (Å²) in [6.07, 6.45) is 4.35. The van der Waals surface area contributed by atoms with Gasteiger partial charge in [0.15, 0.2) is 0 Å². The van der Waals surface area contributed by atoms with E-state index in [1.807, 2.05) is 41.3 Å². The van der Waals surface area contributed by atoms with Crippen molar-refractivity contribution >= 4 is 28.3 Å². The van der Waals surface area contributed by atoms with Gasteiger partial charge in [-0.3, -0.25) is 14.1 Å². The standard InChI is InChI=1S/C20H23N5OS/c1-15-18(27-20-22-21-16(2)25(15)20)19(26)24-13-11-23(12-14-24)10-6-9-17-7-4-3-5-8-17/h3-9H,10-14H2,1-2H3/b9-6+. The number of rotatable bonds is 4. The fourth-order valence-corrected chi connectivity index (χ4v) is 4.52. The minimum atomic E-state index is 0.113. The lowest BCUT2D eigenvalue weighted by Crippen LogP contribution is -2.48. The largest absolute Gasteiger partial charge is 0.335 e. The molecule has 0 atom stereocenters. The SMILES string of the molecule is Cc1nnc2sc(C(=O)N3CCN(C/C=C/c4ccccc4)CC3)c(C)n12. The Morgan fingerprint density at radius 2 is 1.85 bits per heavy atom. The van der Waals surface area contributed by atoms with Crippen molar-refractivity contribution in [3.8, 4) is 0 Å². The number of hydrogen-bond donors (Lipinski definition) is 0. The molecule has 0 spiro atoms. The lowest BCUT2D eigenvalue weighted by Gasteiger charge is -2.34. The molecule has 27 heavy (non-hydrogen) atoms. The number of aryl methyl sites for hydroxylation is 2. The van der Waals surface area contributed by atoms with Gasteiger partial charge in [-0.25, -0.2) is 0 Å². The highest BCUT2D eigenvalue weighted by Gasteiger charge is 2.26. The summed E-state index contributed by atoms with van der Waals surface area (Å²) in [5.41, 5.74) is 2.16. The van der Waals surface area contributed by atoms with Crippen molar-refractivity contribution in [3.05, 3.63) is 58.4 Å². The minimum absolute atomic E-state index is 0.113. The zero-order chi connectivity index (χ0) is 18.8. The Bertz CT molecular complexity index is 967. The lowest BCUT2D eigenvalue weighted by molar-refractivity contribution is 0.0654. The molecule has 140 valence electrons. The van der Waals surface area contributed by atoms with Crippen LogP contribution in [0.5, 0.6) is 0 Å². The molecule has 1 aromatic carbocycles. The summed E-state index contributed by atoms with van der Waals surface area (Å²) < 4.78 is 1.96. The van der Waals surface area contributed by atoms with E-state index in [2.05, 4.69) is 39.4 Å². The van der Waals surface area contributed by atoms with Gasteiger partial charge in [0, 0.05) is 38.4 Å². The van der Waals surface area contributed by atoms with E-state index in [0.717, 1.165) is 54.1 Å². The molecule has 3 heterocycles. The van der Waals surface area contributed by atoms with Crippen LogP contribution in [0.25, 0.3) is 11.0 Å². The summed E-state index contributed by atoms with van der Waals surface area (Å²) in [5, 5.41) is 8.22. The van der Waals surface area contributed by atoms with Crippen LogP contribution in [0.4, 0.5) is 0 Å². The van der Waals surface area contributed by atoms with Crippen LogP contribution in [-0.2, 0) is 0 Å². The number of amides is 1. The van der Waals surface area contributed by atoms with Gasteiger partial charge in [0.05, 0.1) is 0 Å². The number of fused-ring (bicyclic) bond motifs is 1. The molecule has 1 aliphatic rings. The Morgan fingerprint density at radius 1 is 1.11 bits per heavy atom. The van der Waals surface area contributed by atoms with Crippen molar-refractivity contribution in [2.45, 2.75) is 13.8 Å². The molecule has 3 aromatic rings. The first-order valence-electron chi connectivity index (χ1n) is 9.18. The van der Waals surface area contributed by atoms with E-state index in [1.165, 1.54) is 16.9 Å². The normalized spacial score (nSPS) is 15.9. The van der Waals surface area contributed by atoms with Crippen LogP contribution in [0.2, 0.25) is 0 Å². The predicted octanol–water partition coefficient (Wildman–Crippen LogP) is 2.88. The van der Waals surface area contributed by atoms with E-state index in [0.29, 0.717) is 0 Å². The molecular formula is C20H23N5OS. The second-order valence-electron chi connectivity index (χ2n) is 6.79. The van der Waals surface area contributed by atoms with Gasteiger partial charge in [0.2, 0.25) is 4.96 Å². The monoisotopic (exact) mass is 381 g/mol. The number of piperazine rings is 1. The molecule has 0 aliphatic carbocycles. The van der Waals surface area contributed by atoms with Crippen LogP contribution in [0, 0.1) is 13.8 Å². The van der Waals surface area contributed by atoms with Crippen LogP contribution in [0.15, 0.2) is 36.4 Å². The summed E-state index contributed by atoms with van der Waals surface area (Å²) in [5.74, 6) is 0.940. The number of thiazole rings is 1. The van der Waals surface area contributed by atoms with Crippen molar-refractivity contribution in [2.75, 3.05) is 32.7 Å². The topological polar surface area (TPSA) is 53.7 Å². The van der Waals surface area contributed by atoms with E-state index in [9.17, 15) is 4.79 Å². The van der Waals surface area contributed by atoms with Crippen molar-refractivity contribution in [3.63, 3.8) is 0 Å². The first kappa shape index (κ1) is 17.9. The second-order valence-corrected chi connectivity index (χ2v) is 7.77. The number of hydrogen-bond acceptors (Lipinski definition) is 5. The first-order chi connectivity index (χ1) is 13.1. The van der Waals surface area contributed by atoms with Gasteiger partial charge in [-0.1, -0.05) is 53.8 Å². The quantitative estimate of drug-likeness (QED) is 0.697. The predicted molar refractivity (Wildman–Crippen MR) is 108 cm³/mol. The van der Waals surface area contributed by atoms with Gasteiger partial charge in [-0.15, -0.1) is 10.2 Å². The Labute approximate surface area is 162 Å². The third-order valence-corrected chi connectivity index (χ3v) is 6.10. The number of carbonyl (C=O) groups excluding carboxylic acids is 1. The second kappa shape index (κ2) is 7.62. The number of aromatic nitrogens is 3. The average molecular weight is 382 g/mol. The van der Waals surface area contributed by atoms with Crippen LogP contribution in [-0.4, -0.2) is 63.0 Å².